The highest BCUT2D eigenvalue weighted by molar-refractivity contribution is 5.74. The first-order valence-corrected chi connectivity index (χ1v) is 7.40. The Kier molecular flexibility index (Phi) is 5.06. The zero-order chi connectivity index (χ0) is 14.5. The van der Waals surface area contributed by atoms with E-state index in [2.05, 4.69) is 10.6 Å². The van der Waals surface area contributed by atoms with Crippen molar-refractivity contribution in [2.75, 3.05) is 6.54 Å². The van der Waals surface area contributed by atoms with Gasteiger partial charge in [0.1, 0.15) is 5.76 Å². The van der Waals surface area contributed by atoms with E-state index in [-0.39, 0.29) is 24.5 Å². The van der Waals surface area contributed by atoms with Gasteiger partial charge in [-0.2, -0.15) is 0 Å². The number of nitrogens with one attached hydrogen (secondary N) is 2. The fourth-order valence-corrected chi connectivity index (χ4v) is 2.52. The van der Waals surface area contributed by atoms with Crippen LogP contribution in [0.25, 0.3) is 0 Å². The molecule has 1 aromatic heterocycles. The topological polar surface area (TPSA) is 74.5 Å². The zero-order valence-electron chi connectivity index (χ0n) is 12.2. The molecule has 2 rings (SSSR count). The normalized spacial score (nSPS) is 20.9. The molecule has 0 spiro atoms. The second kappa shape index (κ2) is 6.79. The molecule has 0 aliphatic heterocycles. The van der Waals surface area contributed by atoms with Crippen molar-refractivity contribution in [1.29, 1.82) is 0 Å². The monoisotopic (exact) mass is 280 g/mol. The van der Waals surface area contributed by atoms with Crippen LogP contribution in [0.2, 0.25) is 0 Å². The quantitative estimate of drug-likeness (QED) is 0.775. The lowest BCUT2D eigenvalue weighted by Crippen LogP contribution is -2.43. The van der Waals surface area contributed by atoms with Crippen LogP contribution in [0.3, 0.4) is 0 Å². The molecule has 1 aromatic rings. The van der Waals surface area contributed by atoms with Crippen LogP contribution >= 0.6 is 0 Å². The van der Waals surface area contributed by atoms with Crippen molar-refractivity contribution in [2.24, 2.45) is 5.92 Å². The number of carbonyl (C=O) groups excluding carboxylic acids is 1. The number of aliphatic hydroxyl groups excluding tert-OH is 1. The van der Waals surface area contributed by atoms with Crippen molar-refractivity contribution in [3.05, 3.63) is 23.7 Å². The summed E-state index contributed by atoms with van der Waals surface area (Å²) in [6.45, 7) is 4.28. The summed E-state index contributed by atoms with van der Waals surface area (Å²) in [7, 11) is 0. The van der Waals surface area contributed by atoms with Crippen LogP contribution in [0.4, 0.5) is 4.79 Å². The van der Waals surface area contributed by atoms with E-state index < -0.39 is 6.10 Å². The van der Waals surface area contributed by atoms with Crippen molar-refractivity contribution in [1.82, 2.24) is 10.6 Å². The molecule has 2 amide bonds. The number of amides is 2. The van der Waals surface area contributed by atoms with Crippen molar-refractivity contribution in [3.8, 4) is 0 Å². The molecule has 0 aromatic carbocycles. The molecule has 3 N–H and O–H groups in total. The molecule has 0 fully saturated rings. The summed E-state index contributed by atoms with van der Waals surface area (Å²) in [5.74, 6) is 1.16. The maximum Gasteiger partial charge on any atom is 0.315 e. The summed E-state index contributed by atoms with van der Waals surface area (Å²) >= 11 is 0. The first kappa shape index (κ1) is 14.9. The van der Waals surface area contributed by atoms with E-state index >= 15 is 0 Å². The van der Waals surface area contributed by atoms with E-state index in [0.29, 0.717) is 0 Å². The van der Waals surface area contributed by atoms with E-state index in [0.717, 1.165) is 37.0 Å². The third-order valence-corrected chi connectivity index (χ3v) is 4.13. The van der Waals surface area contributed by atoms with Gasteiger partial charge in [0.05, 0.1) is 18.4 Å². The molecule has 1 aliphatic carbocycles. The van der Waals surface area contributed by atoms with E-state index in [1.54, 1.807) is 6.26 Å². The van der Waals surface area contributed by atoms with Crippen LogP contribution < -0.4 is 10.6 Å². The predicted molar refractivity (Wildman–Crippen MR) is 76.4 cm³/mol. The number of rotatable bonds is 5. The zero-order valence-corrected chi connectivity index (χ0v) is 12.2. The van der Waals surface area contributed by atoms with E-state index in [1.165, 1.54) is 0 Å². The van der Waals surface area contributed by atoms with Gasteiger partial charge in [-0.05, 0) is 24.8 Å². The number of aryl methyl sites for hydroxylation is 1. The predicted octanol–water partition coefficient (Wildman–Crippen LogP) is 2.36. The summed E-state index contributed by atoms with van der Waals surface area (Å²) in [5.41, 5.74) is 1.08. The van der Waals surface area contributed by atoms with Crippen molar-refractivity contribution < 1.29 is 14.3 Å². The largest absolute Gasteiger partial charge is 0.469 e. The second-order valence-corrected chi connectivity index (χ2v) is 5.55. The van der Waals surface area contributed by atoms with Gasteiger partial charge in [0.25, 0.3) is 0 Å². The van der Waals surface area contributed by atoms with Gasteiger partial charge in [-0.15, -0.1) is 0 Å². The smallest absolute Gasteiger partial charge is 0.315 e. The molecule has 5 nitrogen and oxygen atoms in total. The molecule has 20 heavy (non-hydrogen) atoms. The standard InChI is InChI=1S/C15H24N2O3/c1-3-10(2)13(18)9-16-15(19)17-12-5-4-6-14-11(12)7-8-20-14/h7-8,10,12-13,18H,3-6,9H2,1-2H3,(H2,16,17,19). The third-order valence-electron chi connectivity index (χ3n) is 4.13. The fourth-order valence-electron chi connectivity index (χ4n) is 2.52. The minimum atomic E-state index is -0.499. The van der Waals surface area contributed by atoms with Gasteiger partial charge in [-0.25, -0.2) is 4.79 Å². The summed E-state index contributed by atoms with van der Waals surface area (Å²) < 4.78 is 5.40. The fraction of sp³-hybridized carbons (Fsp3) is 0.667. The lowest BCUT2D eigenvalue weighted by molar-refractivity contribution is 0.114. The van der Waals surface area contributed by atoms with Gasteiger partial charge < -0.3 is 20.2 Å². The molecule has 0 saturated heterocycles. The Morgan fingerprint density at radius 1 is 1.60 bits per heavy atom. The van der Waals surface area contributed by atoms with E-state index in [9.17, 15) is 9.90 Å². The summed E-state index contributed by atoms with van der Waals surface area (Å²) in [4.78, 5) is 11.9. The number of urea groups is 1. The van der Waals surface area contributed by atoms with Gasteiger partial charge in [0.2, 0.25) is 0 Å². The van der Waals surface area contributed by atoms with Crippen LogP contribution in [0.1, 0.15) is 50.5 Å². The molecule has 3 unspecified atom stereocenters. The van der Waals surface area contributed by atoms with Crippen LogP contribution in [0.15, 0.2) is 16.7 Å². The van der Waals surface area contributed by atoms with Gasteiger partial charge in [0, 0.05) is 18.5 Å². The van der Waals surface area contributed by atoms with Gasteiger partial charge in [0.15, 0.2) is 0 Å². The maximum absolute atomic E-state index is 11.9. The molecule has 3 atom stereocenters. The average Bonchev–Trinajstić information content (AvgIpc) is 2.93. The molecule has 1 heterocycles. The molecule has 0 radical (unpaired) electrons. The van der Waals surface area contributed by atoms with Crippen molar-refractivity contribution in [2.45, 2.75) is 51.7 Å². The number of hydrogen-bond donors (Lipinski definition) is 3. The van der Waals surface area contributed by atoms with E-state index in [1.807, 2.05) is 19.9 Å². The van der Waals surface area contributed by atoms with Gasteiger partial charge in [-0.3, -0.25) is 0 Å². The molecular weight excluding hydrogens is 256 g/mol. The van der Waals surface area contributed by atoms with E-state index in [4.69, 9.17) is 4.42 Å². The van der Waals surface area contributed by atoms with Crippen LogP contribution in [0, 0.1) is 5.92 Å². The summed E-state index contributed by atoms with van der Waals surface area (Å²) in [6.07, 6.45) is 4.95. The lowest BCUT2D eigenvalue weighted by Gasteiger charge is -2.24. The molecule has 112 valence electrons. The van der Waals surface area contributed by atoms with Crippen LogP contribution in [-0.2, 0) is 6.42 Å². The summed E-state index contributed by atoms with van der Waals surface area (Å²) in [5, 5.41) is 15.5. The number of furan rings is 1. The SMILES string of the molecule is CCC(C)C(O)CNC(=O)NC1CCCc2occc21. The Bertz CT molecular complexity index is 444. The molecule has 5 heteroatoms. The van der Waals surface area contributed by atoms with Gasteiger partial charge in [-0.1, -0.05) is 20.3 Å². The van der Waals surface area contributed by atoms with Crippen molar-refractivity contribution >= 4 is 6.03 Å². The Balaban J connectivity index is 1.81. The molecule has 1 aliphatic rings. The first-order valence-electron chi connectivity index (χ1n) is 7.40. The number of carbonyl (C=O) groups is 1. The number of aliphatic hydroxyl groups is 1. The van der Waals surface area contributed by atoms with Crippen molar-refractivity contribution in [3.63, 3.8) is 0 Å². The third kappa shape index (κ3) is 3.54. The summed E-state index contributed by atoms with van der Waals surface area (Å²) in [6, 6.07) is 1.71. The number of hydrogen-bond acceptors (Lipinski definition) is 3. The highest BCUT2D eigenvalue weighted by atomic mass is 16.3. The van der Waals surface area contributed by atoms with Crippen LogP contribution in [0.5, 0.6) is 0 Å². The minimum absolute atomic E-state index is 0.0123. The first-order chi connectivity index (χ1) is 9.61. The average molecular weight is 280 g/mol. The maximum atomic E-state index is 11.9. The highest BCUT2D eigenvalue weighted by Gasteiger charge is 2.24. The molecule has 0 saturated carbocycles. The number of fused-ring (bicyclic) bond motifs is 1. The Labute approximate surface area is 119 Å². The minimum Gasteiger partial charge on any atom is -0.469 e. The second-order valence-electron chi connectivity index (χ2n) is 5.55. The Morgan fingerprint density at radius 2 is 2.40 bits per heavy atom. The molecule has 0 bridgehead atoms. The molecular formula is C15H24N2O3. The van der Waals surface area contributed by atoms with Gasteiger partial charge >= 0.3 is 6.03 Å². The Morgan fingerprint density at radius 3 is 3.15 bits per heavy atom. The Hall–Kier alpha value is -1.49. The highest BCUT2D eigenvalue weighted by Crippen LogP contribution is 2.30. The lowest BCUT2D eigenvalue weighted by atomic mass is 9.93. The van der Waals surface area contributed by atoms with Crippen LogP contribution in [-0.4, -0.2) is 23.8 Å².